The number of terminal acetylenes is 1. The first kappa shape index (κ1) is 18.2. The Bertz CT molecular complexity index is 1030. The lowest BCUT2D eigenvalue weighted by Crippen LogP contribution is -2.33. The van der Waals surface area contributed by atoms with Gasteiger partial charge in [0.05, 0.1) is 13.2 Å². The van der Waals surface area contributed by atoms with Crippen LogP contribution in [0.15, 0.2) is 52.9 Å². The minimum Gasteiger partial charge on any atom is -0.451 e. The van der Waals surface area contributed by atoms with Crippen LogP contribution < -0.4 is 10.6 Å². The Balaban J connectivity index is 1.68. The molecule has 1 aromatic heterocycles. The minimum absolute atomic E-state index is 0.139. The highest BCUT2D eigenvalue weighted by molar-refractivity contribution is 6.01. The maximum Gasteiger partial charge on any atom is 0.287 e. The first-order chi connectivity index (χ1) is 13.1. The SMILES string of the molecule is C#Cc1cccc(NC(=O)CNC(=O)c2oc3ccccc3c2COC)c1. The van der Waals surface area contributed by atoms with E-state index in [2.05, 4.69) is 16.6 Å². The van der Waals surface area contributed by atoms with Gasteiger partial charge in [-0.05, 0) is 24.3 Å². The van der Waals surface area contributed by atoms with Crippen molar-refractivity contribution >= 4 is 28.5 Å². The fourth-order valence-electron chi connectivity index (χ4n) is 2.70. The summed E-state index contributed by atoms with van der Waals surface area (Å²) in [6, 6.07) is 14.2. The van der Waals surface area contributed by atoms with E-state index in [4.69, 9.17) is 15.6 Å². The number of anilines is 1. The van der Waals surface area contributed by atoms with E-state index in [9.17, 15) is 9.59 Å². The highest BCUT2D eigenvalue weighted by atomic mass is 16.5. The average molecular weight is 362 g/mol. The molecule has 6 heteroatoms. The van der Waals surface area contributed by atoms with Crippen LogP contribution in [0.25, 0.3) is 11.0 Å². The molecule has 0 atom stereocenters. The van der Waals surface area contributed by atoms with Crippen LogP contribution in [0.2, 0.25) is 0 Å². The molecule has 2 aromatic carbocycles. The Morgan fingerprint density at radius 3 is 2.78 bits per heavy atom. The average Bonchev–Trinajstić information content (AvgIpc) is 3.05. The van der Waals surface area contributed by atoms with Gasteiger partial charge < -0.3 is 19.8 Å². The zero-order chi connectivity index (χ0) is 19.2. The zero-order valence-corrected chi connectivity index (χ0v) is 14.7. The lowest BCUT2D eigenvalue weighted by Gasteiger charge is -2.07. The fraction of sp³-hybridized carbons (Fsp3) is 0.143. The van der Waals surface area contributed by atoms with Crippen molar-refractivity contribution in [3.05, 3.63) is 65.4 Å². The highest BCUT2D eigenvalue weighted by Crippen LogP contribution is 2.26. The van der Waals surface area contributed by atoms with Crippen molar-refractivity contribution in [2.24, 2.45) is 0 Å². The molecule has 2 amide bonds. The quantitative estimate of drug-likeness (QED) is 0.661. The number of fused-ring (bicyclic) bond motifs is 1. The van der Waals surface area contributed by atoms with Gasteiger partial charge >= 0.3 is 0 Å². The molecule has 0 spiro atoms. The van der Waals surface area contributed by atoms with E-state index in [1.807, 2.05) is 18.2 Å². The normalized spacial score (nSPS) is 10.4. The first-order valence-corrected chi connectivity index (χ1v) is 8.26. The maximum absolute atomic E-state index is 12.5. The van der Waals surface area contributed by atoms with Crippen LogP contribution in [-0.4, -0.2) is 25.5 Å². The number of hydrogen-bond donors (Lipinski definition) is 2. The number of ether oxygens (including phenoxy) is 1. The molecule has 27 heavy (non-hydrogen) atoms. The van der Waals surface area contributed by atoms with Crippen LogP contribution in [0, 0.1) is 12.3 Å². The van der Waals surface area contributed by atoms with Gasteiger partial charge in [-0.2, -0.15) is 0 Å². The lowest BCUT2D eigenvalue weighted by molar-refractivity contribution is -0.115. The van der Waals surface area contributed by atoms with Crippen LogP contribution in [-0.2, 0) is 16.1 Å². The summed E-state index contributed by atoms with van der Waals surface area (Å²) < 4.78 is 10.8. The van der Waals surface area contributed by atoms with E-state index in [-0.39, 0.29) is 24.8 Å². The number of para-hydroxylation sites is 1. The Hall–Kier alpha value is -3.56. The van der Waals surface area contributed by atoms with E-state index in [0.717, 1.165) is 5.39 Å². The minimum atomic E-state index is -0.481. The van der Waals surface area contributed by atoms with Crippen LogP contribution in [0.4, 0.5) is 5.69 Å². The molecule has 0 saturated heterocycles. The molecule has 0 aliphatic heterocycles. The lowest BCUT2D eigenvalue weighted by atomic mass is 10.1. The summed E-state index contributed by atoms with van der Waals surface area (Å²) >= 11 is 0. The summed E-state index contributed by atoms with van der Waals surface area (Å²) in [7, 11) is 1.54. The number of carbonyl (C=O) groups is 2. The summed E-state index contributed by atoms with van der Waals surface area (Å²) in [5, 5.41) is 6.06. The van der Waals surface area contributed by atoms with E-state index < -0.39 is 5.91 Å². The van der Waals surface area contributed by atoms with Gasteiger partial charge in [-0.3, -0.25) is 9.59 Å². The van der Waals surface area contributed by atoms with Gasteiger partial charge in [0.25, 0.3) is 5.91 Å². The van der Waals surface area contributed by atoms with Crippen molar-refractivity contribution < 1.29 is 18.7 Å². The molecule has 136 valence electrons. The molecule has 0 unspecified atom stereocenters. The summed E-state index contributed by atoms with van der Waals surface area (Å²) in [5.41, 5.74) is 2.45. The van der Waals surface area contributed by atoms with Gasteiger partial charge in [0.2, 0.25) is 5.91 Å². The highest BCUT2D eigenvalue weighted by Gasteiger charge is 2.20. The Kier molecular flexibility index (Phi) is 5.55. The second-order valence-electron chi connectivity index (χ2n) is 5.79. The molecule has 0 fully saturated rings. The van der Waals surface area contributed by atoms with Gasteiger partial charge in [0.15, 0.2) is 5.76 Å². The van der Waals surface area contributed by atoms with Gasteiger partial charge in [-0.15, -0.1) is 6.42 Å². The third-order valence-corrected chi connectivity index (χ3v) is 3.92. The predicted molar refractivity (Wildman–Crippen MR) is 102 cm³/mol. The maximum atomic E-state index is 12.5. The molecule has 3 rings (SSSR count). The summed E-state index contributed by atoms with van der Waals surface area (Å²) in [6.07, 6.45) is 5.34. The third-order valence-electron chi connectivity index (χ3n) is 3.92. The molecule has 3 aromatic rings. The van der Waals surface area contributed by atoms with E-state index >= 15 is 0 Å². The number of nitrogens with one attached hydrogen (secondary N) is 2. The van der Waals surface area contributed by atoms with E-state index in [0.29, 0.717) is 22.4 Å². The largest absolute Gasteiger partial charge is 0.451 e. The van der Waals surface area contributed by atoms with Gasteiger partial charge in [-0.1, -0.05) is 30.2 Å². The summed E-state index contributed by atoms with van der Waals surface area (Å²) in [4.78, 5) is 24.6. The molecule has 2 N–H and O–H groups in total. The number of amides is 2. The van der Waals surface area contributed by atoms with Crippen molar-refractivity contribution in [3.63, 3.8) is 0 Å². The number of carbonyl (C=O) groups excluding carboxylic acids is 2. The predicted octanol–water partition coefficient (Wildman–Crippen LogP) is 2.93. The Labute approximate surface area is 156 Å². The number of methoxy groups -OCH3 is 1. The molecular weight excluding hydrogens is 344 g/mol. The molecule has 0 saturated carbocycles. The van der Waals surface area contributed by atoms with Gasteiger partial charge in [0, 0.05) is 29.3 Å². The van der Waals surface area contributed by atoms with Crippen molar-refractivity contribution in [1.29, 1.82) is 0 Å². The summed E-state index contributed by atoms with van der Waals surface area (Å²) in [5.74, 6) is 1.78. The zero-order valence-electron chi connectivity index (χ0n) is 14.7. The van der Waals surface area contributed by atoms with Crippen molar-refractivity contribution in [1.82, 2.24) is 5.32 Å². The Morgan fingerprint density at radius 1 is 1.19 bits per heavy atom. The number of furan rings is 1. The van der Waals surface area contributed by atoms with E-state index in [1.54, 1.807) is 37.4 Å². The standard InChI is InChI=1S/C21H18N2O4/c1-3-14-7-6-8-15(11-14)23-19(24)12-22-21(25)20-17(13-26-2)16-9-4-5-10-18(16)27-20/h1,4-11H,12-13H2,2H3,(H,22,25)(H,23,24). The molecular formula is C21H18N2O4. The molecule has 0 bridgehead atoms. The van der Waals surface area contributed by atoms with Crippen LogP contribution in [0.5, 0.6) is 0 Å². The topological polar surface area (TPSA) is 80.6 Å². The van der Waals surface area contributed by atoms with Gasteiger partial charge in [-0.25, -0.2) is 0 Å². The molecule has 0 radical (unpaired) electrons. The smallest absolute Gasteiger partial charge is 0.287 e. The molecule has 1 heterocycles. The van der Waals surface area contributed by atoms with Crippen LogP contribution in [0.3, 0.4) is 0 Å². The molecule has 0 aliphatic carbocycles. The number of hydrogen-bond acceptors (Lipinski definition) is 4. The van der Waals surface area contributed by atoms with Crippen molar-refractivity contribution in [2.45, 2.75) is 6.61 Å². The number of rotatable bonds is 6. The van der Waals surface area contributed by atoms with E-state index in [1.165, 1.54) is 0 Å². The summed E-state index contributed by atoms with van der Waals surface area (Å²) in [6.45, 7) is 0.0213. The van der Waals surface area contributed by atoms with Crippen molar-refractivity contribution in [3.8, 4) is 12.3 Å². The van der Waals surface area contributed by atoms with Crippen LogP contribution >= 0.6 is 0 Å². The van der Waals surface area contributed by atoms with Gasteiger partial charge in [0.1, 0.15) is 5.58 Å². The fourth-order valence-corrected chi connectivity index (χ4v) is 2.70. The first-order valence-electron chi connectivity index (χ1n) is 8.26. The molecule has 0 aliphatic rings. The van der Waals surface area contributed by atoms with Crippen molar-refractivity contribution in [2.75, 3.05) is 19.0 Å². The monoisotopic (exact) mass is 362 g/mol. The third kappa shape index (κ3) is 4.17. The second kappa shape index (κ2) is 8.21. The van der Waals surface area contributed by atoms with Crippen LogP contribution in [0.1, 0.15) is 21.7 Å². The number of benzene rings is 2. The molecule has 6 nitrogen and oxygen atoms in total. The second-order valence-corrected chi connectivity index (χ2v) is 5.79. The Morgan fingerprint density at radius 2 is 2.00 bits per heavy atom.